The number of hydrogen-bond acceptors (Lipinski definition) is 6. The summed E-state index contributed by atoms with van der Waals surface area (Å²) in [6, 6.07) is 7.34. The van der Waals surface area contributed by atoms with Gasteiger partial charge in [-0.05, 0) is 61.3 Å². The van der Waals surface area contributed by atoms with E-state index in [1.165, 1.54) is 0 Å². The van der Waals surface area contributed by atoms with E-state index in [-0.39, 0.29) is 36.1 Å². The standard InChI is InChI=1S/C26H38N4O5/c1-2-3-4-20(17-29(34)19-31)15-24(32)30-18-26(9-10-26)16-23(30)25(33)27-21-5-7-22(8-6-21)28-11-13-35-14-12-28/h5-8,19-20,23,34H,2-4,9-18H2,1H3,(H,27,33)/t20?,23-/m0/s1. The summed E-state index contributed by atoms with van der Waals surface area (Å²) in [5.41, 5.74) is 1.90. The summed E-state index contributed by atoms with van der Waals surface area (Å²) in [6.07, 6.45) is 6.01. The van der Waals surface area contributed by atoms with Crippen molar-refractivity contribution in [3.63, 3.8) is 0 Å². The van der Waals surface area contributed by atoms with Crippen molar-refractivity contribution in [2.45, 2.75) is 57.9 Å². The number of carbonyl (C=O) groups is 3. The maximum absolute atomic E-state index is 13.3. The molecule has 2 aliphatic heterocycles. The SMILES string of the molecule is CCCCC(CC(=O)N1CC2(CC2)C[C@H]1C(=O)Nc1ccc(N2CCOCC2)cc1)CN(O)C=O. The minimum atomic E-state index is -0.493. The van der Waals surface area contributed by atoms with Gasteiger partial charge in [0.15, 0.2) is 0 Å². The van der Waals surface area contributed by atoms with E-state index < -0.39 is 6.04 Å². The van der Waals surface area contributed by atoms with Crippen LogP contribution in [0.4, 0.5) is 11.4 Å². The number of hydroxylamine groups is 2. The van der Waals surface area contributed by atoms with E-state index in [2.05, 4.69) is 17.1 Å². The van der Waals surface area contributed by atoms with Gasteiger partial charge in [-0.25, -0.2) is 5.06 Å². The molecule has 9 heteroatoms. The Morgan fingerprint density at radius 1 is 1.26 bits per heavy atom. The van der Waals surface area contributed by atoms with Crippen molar-refractivity contribution in [3.8, 4) is 0 Å². The molecule has 1 spiro atoms. The average Bonchev–Trinajstić information content (AvgIpc) is 3.52. The van der Waals surface area contributed by atoms with Crippen LogP contribution in [0.25, 0.3) is 0 Å². The highest BCUT2D eigenvalue weighted by atomic mass is 16.5. The van der Waals surface area contributed by atoms with E-state index in [1.54, 1.807) is 4.90 Å². The van der Waals surface area contributed by atoms with E-state index in [9.17, 15) is 19.6 Å². The normalized spacial score (nSPS) is 21.6. The van der Waals surface area contributed by atoms with Gasteiger partial charge in [0.1, 0.15) is 6.04 Å². The minimum absolute atomic E-state index is 0.0720. The van der Waals surface area contributed by atoms with Gasteiger partial charge in [-0.15, -0.1) is 0 Å². The molecule has 1 aromatic rings. The lowest BCUT2D eigenvalue weighted by Gasteiger charge is -2.29. The first-order valence-corrected chi connectivity index (χ1v) is 12.9. The molecule has 0 bridgehead atoms. The number of nitrogens with one attached hydrogen (secondary N) is 1. The first-order chi connectivity index (χ1) is 16.9. The highest BCUT2D eigenvalue weighted by Gasteiger charge is 2.55. The van der Waals surface area contributed by atoms with Crippen molar-refractivity contribution in [2.75, 3.05) is 49.6 Å². The predicted molar refractivity (Wildman–Crippen MR) is 132 cm³/mol. The molecule has 1 aliphatic carbocycles. The van der Waals surface area contributed by atoms with Crippen molar-refractivity contribution in [3.05, 3.63) is 24.3 Å². The Morgan fingerprint density at radius 2 is 1.97 bits per heavy atom. The maximum Gasteiger partial charge on any atom is 0.247 e. The Kier molecular flexibility index (Phi) is 8.28. The molecule has 35 heavy (non-hydrogen) atoms. The third-order valence-electron chi connectivity index (χ3n) is 7.60. The highest BCUT2D eigenvalue weighted by molar-refractivity contribution is 5.98. The molecule has 192 valence electrons. The number of unbranched alkanes of at least 4 members (excludes halogenated alkanes) is 1. The first-order valence-electron chi connectivity index (χ1n) is 12.9. The number of hydrogen-bond donors (Lipinski definition) is 2. The topological polar surface area (TPSA) is 102 Å². The second-order valence-electron chi connectivity index (χ2n) is 10.3. The molecule has 0 radical (unpaired) electrons. The monoisotopic (exact) mass is 486 g/mol. The third-order valence-corrected chi connectivity index (χ3v) is 7.60. The lowest BCUT2D eigenvalue weighted by molar-refractivity contribution is -0.154. The summed E-state index contributed by atoms with van der Waals surface area (Å²) >= 11 is 0. The lowest BCUT2D eigenvalue weighted by atomic mass is 9.97. The van der Waals surface area contributed by atoms with Gasteiger partial charge in [0, 0.05) is 37.4 Å². The van der Waals surface area contributed by atoms with Gasteiger partial charge in [-0.2, -0.15) is 0 Å². The lowest BCUT2D eigenvalue weighted by Crippen LogP contribution is -2.44. The van der Waals surface area contributed by atoms with E-state index in [0.717, 1.165) is 69.8 Å². The second-order valence-corrected chi connectivity index (χ2v) is 10.3. The highest BCUT2D eigenvalue weighted by Crippen LogP contribution is 2.55. The quantitative estimate of drug-likeness (QED) is 0.283. The minimum Gasteiger partial charge on any atom is -0.378 e. The molecule has 4 rings (SSSR count). The molecule has 1 aromatic carbocycles. The Morgan fingerprint density at radius 3 is 2.60 bits per heavy atom. The number of ether oxygens (including phenoxy) is 1. The van der Waals surface area contributed by atoms with Gasteiger partial charge in [0.25, 0.3) is 0 Å². The number of anilines is 2. The third kappa shape index (κ3) is 6.52. The summed E-state index contributed by atoms with van der Waals surface area (Å²) in [6.45, 7) is 5.95. The zero-order valence-corrected chi connectivity index (χ0v) is 20.7. The van der Waals surface area contributed by atoms with Gasteiger partial charge in [0.2, 0.25) is 18.2 Å². The molecule has 3 fully saturated rings. The van der Waals surface area contributed by atoms with Crippen molar-refractivity contribution in [2.24, 2.45) is 11.3 Å². The van der Waals surface area contributed by atoms with Crippen LogP contribution in [0.5, 0.6) is 0 Å². The Bertz CT molecular complexity index is 882. The van der Waals surface area contributed by atoms with Gasteiger partial charge in [-0.1, -0.05) is 19.8 Å². The first kappa shape index (κ1) is 25.4. The average molecular weight is 487 g/mol. The number of morpholine rings is 1. The van der Waals surface area contributed by atoms with Crippen LogP contribution in [-0.4, -0.2) is 78.8 Å². The molecule has 1 unspecified atom stereocenters. The van der Waals surface area contributed by atoms with E-state index >= 15 is 0 Å². The summed E-state index contributed by atoms with van der Waals surface area (Å²) < 4.78 is 5.41. The molecule has 0 aromatic heterocycles. The van der Waals surface area contributed by atoms with Crippen molar-refractivity contribution < 1.29 is 24.3 Å². The largest absolute Gasteiger partial charge is 0.378 e. The van der Waals surface area contributed by atoms with Crippen molar-refractivity contribution in [1.82, 2.24) is 9.96 Å². The fraction of sp³-hybridized carbons (Fsp3) is 0.654. The van der Waals surface area contributed by atoms with Crippen LogP contribution in [0.15, 0.2) is 24.3 Å². The zero-order chi connectivity index (χ0) is 24.8. The Hall–Kier alpha value is -2.65. The van der Waals surface area contributed by atoms with Crippen LogP contribution in [0.2, 0.25) is 0 Å². The molecule has 3 aliphatic rings. The molecular formula is C26H38N4O5. The van der Waals surface area contributed by atoms with Crippen LogP contribution in [0, 0.1) is 11.3 Å². The second kappa shape index (κ2) is 11.4. The molecule has 2 N–H and O–H groups in total. The fourth-order valence-corrected chi connectivity index (χ4v) is 5.32. The van der Waals surface area contributed by atoms with Crippen molar-refractivity contribution >= 4 is 29.6 Å². The fourth-order valence-electron chi connectivity index (χ4n) is 5.32. The molecule has 9 nitrogen and oxygen atoms in total. The molecular weight excluding hydrogens is 448 g/mol. The Balaban J connectivity index is 1.39. The molecule has 1 saturated carbocycles. The molecule has 2 heterocycles. The number of nitrogens with zero attached hydrogens (tertiary/aromatic N) is 3. The maximum atomic E-state index is 13.3. The predicted octanol–water partition coefficient (Wildman–Crippen LogP) is 2.89. The molecule has 2 saturated heterocycles. The number of carbonyl (C=O) groups excluding carboxylic acids is 3. The van der Waals surface area contributed by atoms with Gasteiger partial charge in [0.05, 0.1) is 19.8 Å². The van der Waals surface area contributed by atoms with Crippen LogP contribution in [0.3, 0.4) is 0 Å². The summed E-state index contributed by atoms with van der Waals surface area (Å²) in [7, 11) is 0. The van der Waals surface area contributed by atoms with Crippen LogP contribution >= 0.6 is 0 Å². The summed E-state index contributed by atoms with van der Waals surface area (Å²) in [4.78, 5) is 41.5. The zero-order valence-electron chi connectivity index (χ0n) is 20.7. The van der Waals surface area contributed by atoms with Crippen LogP contribution in [0.1, 0.15) is 51.9 Å². The molecule has 2 atom stereocenters. The number of rotatable bonds is 11. The van der Waals surface area contributed by atoms with Crippen LogP contribution < -0.4 is 10.2 Å². The summed E-state index contributed by atoms with van der Waals surface area (Å²) in [5.74, 6) is -0.357. The number of amides is 3. The van der Waals surface area contributed by atoms with Crippen LogP contribution in [-0.2, 0) is 19.1 Å². The van der Waals surface area contributed by atoms with Crippen molar-refractivity contribution in [1.29, 1.82) is 0 Å². The molecule has 3 amide bonds. The van der Waals surface area contributed by atoms with E-state index in [4.69, 9.17) is 4.74 Å². The Labute approximate surface area is 207 Å². The van der Waals surface area contributed by atoms with E-state index in [0.29, 0.717) is 24.4 Å². The van der Waals surface area contributed by atoms with Gasteiger partial charge in [-0.3, -0.25) is 19.6 Å². The van der Waals surface area contributed by atoms with E-state index in [1.807, 2.05) is 24.3 Å². The number of likely N-dealkylation sites (tertiary alicyclic amines) is 1. The summed E-state index contributed by atoms with van der Waals surface area (Å²) in [5, 5.41) is 13.3. The number of benzene rings is 1. The van der Waals surface area contributed by atoms with Gasteiger partial charge < -0.3 is 19.9 Å². The van der Waals surface area contributed by atoms with Gasteiger partial charge >= 0.3 is 0 Å². The smallest absolute Gasteiger partial charge is 0.247 e.